The Morgan fingerprint density at radius 3 is 2.26 bits per heavy atom. The molecule has 2 heteroatoms. The summed E-state index contributed by atoms with van der Waals surface area (Å²) in [7, 11) is 0. The summed E-state index contributed by atoms with van der Waals surface area (Å²) in [6.07, 6.45) is 15.5. The first-order chi connectivity index (χ1) is 15.2. The maximum absolute atomic E-state index is 12.5. The number of hydrogen-bond donors (Lipinski definition) is 0. The number of benzene rings is 2. The summed E-state index contributed by atoms with van der Waals surface area (Å²) in [6.45, 7) is 4.53. The van der Waals surface area contributed by atoms with Crippen LogP contribution in [0.25, 0.3) is 0 Å². The van der Waals surface area contributed by atoms with Gasteiger partial charge in [-0.1, -0.05) is 83.1 Å². The predicted octanol–water partition coefficient (Wildman–Crippen LogP) is 8.49. The van der Waals surface area contributed by atoms with Crippen LogP contribution in [0.3, 0.4) is 0 Å². The molecule has 0 radical (unpaired) electrons. The Morgan fingerprint density at radius 2 is 1.55 bits per heavy atom. The minimum absolute atomic E-state index is 0.273. The van der Waals surface area contributed by atoms with E-state index in [1.165, 1.54) is 81.8 Å². The van der Waals surface area contributed by atoms with E-state index < -0.39 is 0 Å². The smallest absolute Gasteiger partial charge is 0.343 e. The van der Waals surface area contributed by atoms with Crippen LogP contribution in [0.15, 0.2) is 48.5 Å². The fourth-order valence-electron chi connectivity index (χ4n) is 4.94. The fraction of sp³-hybridized carbons (Fsp3) is 0.552. The summed E-state index contributed by atoms with van der Waals surface area (Å²) < 4.78 is 5.60. The number of hydrogen-bond acceptors (Lipinski definition) is 2. The van der Waals surface area contributed by atoms with Crippen molar-refractivity contribution in [3.8, 4) is 5.75 Å². The van der Waals surface area contributed by atoms with Crippen molar-refractivity contribution in [3.05, 3.63) is 65.2 Å². The van der Waals surface area contributed by atoms with E-state index in [1.54, 1.807) is 0 Å². The molecule has 0 spiro atoms. The van der Waals surface area contributed by atoms with E-state index in [0.717, 1.165) is 12.3 Å². The third-order valence-corrected chi connectivity index (χ3v) is 6.81. The summed E-state index contributed by atoms with van der Waals surface area (Å²) in [5, 5.41) is 0. The van der Waals surface area contributed by atoms with E-state index in [2.05, 4.69) is 38.1 Å². The van der Waals surface area contributed by atoms with Crippen molar-refractivity contribution >= 4 is 5.97 Å². The number of carbonyl (C=O) groups is 1. The number of aryl methyl sites for hydroxylation is 1. The highest BCUT2D eigenvalue weighted by molar-refractivity contribution is 5.91. The molecule has 1 aliphatic rings. The number of unbranched alkanes of at least 4 members (excludes halogenated alkanes) is 5. The molecule has 0 bridgehead atoms. The molecule has 1 saturated carbocycles. The van der Waals surface area contributed by atoms with Gasteiger partial charge >= 0.3 is 5.97 Å². The molecule has 0 amide bonds. The quantitative estimate of drug-likeness (QED) is 0.195. The van der Waals surface area contributed by atoms with Crippen molar-refractivity contribution in [1.82, 2.24) is 0 Å². The maximum atomic E-state index is 12.5. The second-order valence-corrected chi connectivity index (χ2v) is 9.34. The van der Waals surface area contributed by atoms with Crippen LogP contribution in [-0.2, 0) is 6.42 Å². The lowest BCUT2D eigenvalue weighted by molar-refractivity contribution is 0.0734. The van der Waals surface area contributed by atoms with Gasteiger partial charge in [0, 0.05) is 0 Å². The average molecular weight is 421 g/mol. The molecule has 1 aliphatic carbocycles. The van der Waals surface area contributed by atoms with E-state index in [4.69, 9.17) is 4.74 Å². The normalized spacial score (nSPS) is 18.3. The Labute approximate surface area is 189 Å². The second-order valence-electron chi connectivity index (χ2n) is 9.34. The molecule has 0 aromatic heterocycles. The van der Waals surface area contributed by atoms with Crippen molar-refractivity contribution in [2.45, 2.75) is 96.8 Å². The molecular weight excluding hydrogens is 380 g/mol. The zero-order valence-electron chi connectivity index (χ0n) is 19.6. The van der Waals surface area contributed by atoms with Gasteiger partial charge in [-0.05, 0) is 79.3 Å². The van der Waals surface area contributed by atoms with Crippen molar-refractivity contribution in [2.75, 3.05) is 0 Å². The van der Waals surface area contributed by atoms with Crippen LogP contribution in [0.2, 0.25) is 0 Å². The zero-order valence-corrected chi connectivity index (χ0v) is 19.6. The van der Waals surface area contributed by atoms with Crippen molar-refractivity contribution in [2.24, 2.45) is 5.92 Å². The Bertz CT molecular complexity index is 775. The monoisotopic (exact) mass is 420 g/mol. The first kappa shape index (κ1) is 23.6. The van der Waals surface area contributed by atoms with Gasteiger partial charge in [-0.3, -0.25) is 0 Å². The van der Waals surface area contributed by atoms with E-state index in [9.17, 15) is 4.79 Å². The van der Waals surface area contributed by atoms with E-state index in [0.29, 0.717) is 17.2 Å². The number of ether oxygens (including phenoxy) is 1. The fourth-order valence-corrected chi connectivity index (χ4v) is 4.94. The maximum Gasteiger partial charge on any atom is 0.343 e. The van der Waals surface area contributed by atoms with Gasteiger partial charge in [-0.15, -0.1) is 0 Å². The standard InChI is InChI=1S/C29H40O2/c1-3-5-6-7-8-9-11-23-13-20-28(21-14-23)31-29(30)26-18-16-25(17-19-26)27-15-12-24(22-27)10-4-2/h13-14,16-21,24,27H,3-12,15,22H2,1-2H3. The van der Waals surface area contributed by atoms with Gasteiger partial charge in [0.2, 0.25) is 0 Å². The predicted molar refractivity (Wildman–Crippen MR) is 130 cm³/mol. The molecule has 2 atom stereocenters. The first-order valence-electron chi connectivity index (χ1n) is 12.6. The summed E-state index contributed by atoms with van der Waals surface area (Å²) in [5.74, 6) is 1.88. The minimum atomic E-state index is -0.273. The molecule has 0 aliphatic heterocycles. The molecule has 0 N–H and O–H groups in total. The van der Waals surface area contributed by atoms with E-state index in [-0.39, 0.29) is 5.97 Å². The van der Waals surface area contributed by atoms with Crippen LogP contribution in [0.4, 0.5) is 0 Å². The van der Waals surface area contributed by atoms with Crippen molar-refractivity contribution in [1.29, 1.82) is 0 Å². The molecule has 2 aromatic rings. The van der Waals surface area contributed by atoms with Gasteiger partial charge < -0.3 is 4.74 Å². The largest absolute Gasteiger partial charge is 0.423 e. The summed E-state index contributed by atoms with van der Waals surface area (Å²) in [4.78, 5) is 12.5. The molecule has 2 unspecified atom stereocenters. The molecule has 2 aromatic carbocycles. The average Bonchev–Trinajstić information content (AvgIpc) is 3.26. The molecule has 0 saturated heterocycles. The third-order valence-electron chi connectivity index (χ3n) is 6.81. The Kier molecular flexibility index (Phi) is 9.65. The SMILES string of the molecule is CCCCCCCCc1ccc(OC(=O)c2ccc(C3CCC(CCC)C3)cc2)cc1. The van der Waals surface area contributed by atoms with Crippen LogP contribution in [0.1, 0.15) is 112 Å². The lowest BCUT2D eigenvalue weighted by Crippen LogP contribution is -2.08. The van der Waals surface area contributed by atoms with E-state index >= 15 is 0 Å². The van der Waals surface area contributed by atoms with Gasteiger partial charge in [0.25, 0.3) is 0 Å². The number of esters is 1. The minimum Gasteiger partial charge on any atom is -0.423 e. The molecule has 31 heavy (non-hydrogen) atoms. The van der Waals surface area contributed by atoms with Crippen LogP contribution < -0.4 is 4.74 Å². The summed E-state index contributed by atoms with van der Waals surface area (Å²) in [6, 6.07) is 16.1. The number of rotatable bonds is 12. The molecule has 2 nitrogen and oxygen atoms in total. The van der Waals surface area contributed by atoms with Crippen molar-refractivity contribution < 1.29 is 9.53 Å². The Balaban J connectivity index is 1.44. The van der Waals surface area contributed by atoms with Gasteiger partial charge in [-0.2, -0.15) is 0 Å². The zero-order chi connectivity index (χ0) is 21.9. The number of carbonyl (C=O) groups excluding carboxylic acids is 1. The lowest BCUT2D eigenvalue weighted by atomic mass is 9.94. The Hall–Kier alpha value is -2.09. The van der Waals surface area contributed by atoms with Crippen LogP contribution in [0.5, 0.6) is 5.75 Å². The highest BCUT2D eigenvalue weighted by Crippen LogP contribution is 2.40. The van der Waals surface area contributed by atoms with Gasteiger partial charge in [0.1, 0.15) is 5.75 Å². The second kappa shape index (κ2) is 12.7. The topological polar surface area (TPSA) is 26.3 Å². The van der Waals surface area contributed by atoms with Gasteiger partial charge in [0.05, 0.1) is 5.56 Å². The molecule has 0 heterocycles. The first-order valence-corrected chi connectivity index (χ1v) is 12.6. The molecule has 3 rings (SSSR count). The third kappa shape index (κ3) is 7.52. The van der Waals surface area contributed by atoms with Gasteiger partial charge in [-0.25, -0.2) is 4.79 Å². The lowest BCUT2D eigenvalue weighted by Gasteiger charge is -2.12. The molecule has 1 fully saturated rings. The molecular formula is C29H40O2. The summed E-state index contributed by atoms with van der Waals surface area (Å²) >= 11 is 0. The van der Waals surface area contributed by atoms with Crippen LogP contribution in [0, 0.1) is 5.92 Å². The highest BCUT2D eigenvalue weighted by atomic mass is 16.5. The van der Waals surface area contributed by atoms with Crippen LogP contribution in [-0.4, -0.2) is 5.97 Å². The highest BCUT2D eigenvalue weighted by Gasteiger charge is 2.25. The van der Waals surface area contributed by atoms with Gasteiger partial charge in [0.15, 0.2) is 0 Å². The molecule has 168 valence electrons. The van der Waals surface area contributed by atoms with E-state index in [1.807, 2.05) is 24.3 Å². The van der Waals surface area contributed by atoms with Crippen LogP contribution >= 0.6 is 0 Å². The Morgan fingerprint density at radius 1 is 0.839 bits per heavy atom. The summed E-state index contributed by atoms with van der Waals surface area (Å²) in [5.41, 5.74) is 3.31. The van der Waals surface area contributed by atoms with Crippen molar-refractivity contribution in [3.63, 3.8) is 0 Å².